The van der Waals surface area contributed by atoms with E-state index < -0.39 is 0 Å². The van der Waals surface area contributed by atoms with Gasteiger partial charge in [0, 0.05) is 18.8 Å². The molecule has 0 amide bonds. The number of benzene rings is 2. The monoisotopic (exact) mass is 450 g/mol. The average Bonchev–Trinajstić information content (AvgIpc) is 2.32. The standard InChI is InChI=1S/C14H10Br3Cl/c15-10-3-1-2-9(6-10)7-14(17)12-8-11(18)4-5-13(12)16/h1-6,8,14H,7H2. The predicted octanol–water partition coefficient (Wildman–Crippen LogP) is 6.54. The maximum Gasteiger partial charge on any atom is 0.0447 e. The summed E-state index contributed by atoms with van der Waals surface area (Å²) in [5.41, 5.74) is 2.45. The molecule has 0 aromatic heterocycles. The Morgan fingerprint density at radius 3 is 2.56 bits per heavy atom. The molecular formula is C14H10Br3Cl. The Morgan fingerprint density at radius 2 is 1.83 bits per heavy atom. The number of halogens is 4. The number of rotatable bonds is 3. The highest BCUT2D eigenvalue weighted by atomic mass is 79.9. The average molecular weight is 453 g/mol. The summed E-state index contributed by atoms with van der Waals surface area (Å²) >= 11 is 16.8. The highest BCUT2D eigenvalue weighted by Gasteiger charge is 2.12. The molecule has 0 N–H and O–H groups in total. The second-order valence-corrected chi connectivity index (χ2v) is 7.28. The van der Waals surface area contributed by atoms with Gasteiger partial charge in [-0.1, -0.05) is 71.5 Å². The molecule has 2 rings (SSSR count). The third kappa shape index (κ3) is 3.83. The Kier molecular flexibility index (Phi) is 5.31. The molecule has 0 fully saturated rings. The van der Waals surface area contributed by atoms with Gasteiger partial charge in [0.25, 0.3) is 0 Å². The van der Waals surface area contributed by atoms with Crippen molar-refractivity contribution in [1.82, 2.24) is 0 Å². The molecule has 0 saturated carbocycles. The van der Waals surface area contributed by atoms with Crippen LogP contribution in [0.3, 0.4) is 0 Å². The van der Waals surface area contributed by atoms with E-state index in [1.807, 2.05) is 30.3 Å². The second-order valence-electron chi connectivity index (χ2n) is 3.97. The van der Waals surface area contributed by atoms with E-state index in [2.05, 4.69) is 59.9 Å². The Labute approximate surface area is 137 Å². The van der Waals surface area contributed by atoms with Gasteiger partial charge < -0.3 is 0 Å². The van der Waals surface area contributed by atoms with Gasteiger partial charge in [0.05, 0.1) is 0 Å². The first kappa shape index (κ1) is 14.6. The van der Waals surface area contributed by atoms with Crippen molar-refractivity contribution in [1.29, 1.82) is 0 Å². The smallest absolute Gasteiger partial charge is 0.0447 e. The van der Waals surface area contributed by atoms with Crippen molar-refractivity contribution in [3.05, 3.63) is 67.6 Å². The largest absolute Gasteiger partial charge is 0.0843 e. The van der Waals surface area contributed by atoms with E-state index in [9.17, 15) is 0 Å². The van der Waals surface area contributed by atoms with E-state index >= 15 is 0 Å². The maximum absolute atomic E-state index is 6.04. The Hall–Kier alpha value is 0.170. The molecule has 0 aliphatic rings. The summed E-state index contributed by atoms with van der Waals surface area (Å²) in [4.78, 5) is 0.236. The lowest BCUT2D eigenvalue weighted by Gasteiger charge is -2.13. The molecule has 0 saturated heterocycles. The van der Waals surface area contributed by atoms with Crippen molar-refractivity contribution in [2.45, 2.75) is 11.2 Å². The third-order valence-electron chi connectivity index (χ3n) is 2.60. The summed E-state index contributed by atoms with van der Waals surface area (Å²) < 4.78 is 2.17. The van der Waals surface area contributed by atoms with Gasteiger partial charge in [-0.3, -0.25) is 0 Å². The van der Waals surface area contributed by atoms with E-state index in [1.165, 1.54) is 11.1 Å². The van der Waals surface area contributed by atoms with Crippen LogP contribution in [0.1, 0.15) is 16.0 Å². The minimum atomic E-state index is 0.236. The Morgan fingerprint density at radius 1 is 1.06 bits per heavy atom. The summed E-state index contributed by atoms with van der Waals surface area (Å²) in [7, 11) is 0. The van der Waals surface area contributed by atoms with Crippen molar-refractivity contribution < 1.29 is 0 Å². The molecule has 4 heteroatoms. The molecule has 18 heavy (non-hydrogen) atoms. The predicted molar refractivity (Wildman–Crippen MR) is 88.7 cm³/mol. The fourth-order valence-corrected chi connectivity index (χ4v) is 3.95. The molecule has 1 atom stereocenters. The Bertz CT molecular complexity index is 554. The van der Waals surface area contributed by atoms with Crippen LogP contribution < -0.4 is 0 Å². The quantitative estimate of drug-likeness (QED) is 0.463. The lowest BCUT2D eigenvalue weighted by molar-refractivity contribution is 0.942. The van der Waals surface area contributed by atoms with Gasteiger partial charge in [0.1, 0.15) is 0 Å². The van der Waals surface area contributed by atoms with Crippen molar-refractivity contribution in [3.63, 3.8) is 0 Å². The van der Waals surface area contributed by atoms with Crippen molar-refractivity contribution in [2.75, 3.05) is 0 Å². The molecule has 94 valence electrons. The zero-order valence-corrected chi connectivity index (χ0v) is 14.9. The van der Waals surface area contributed by atoms with Crippen LogP contribution in [0.2, 0.25) is 5.02 Å². The van der Waals surface area contributed by atoms with Crippen LogP contribution in [-0.2, 0) is 6.42 Å². The molecular weight excluding hydrogens is 443 g/mol. The second kappa shape index (κ2) is 6.56. The molecule has 2 aromatic rings. The first-order chi connectivity index (χ1) is 8.56. The van der Waals surface area contributed by atoms with Crippen LogP contribution in [0.15, 0.2) is 51.4 Å². The molecule has 0 heterocycles. The fraction of sp³-hybridized carbons (Fsp3) is 0.143. The number of alkyl halides is 1. The van der Waals surface area contributed by atoms with Crippen LogP contribution in [0.5, 0.6) is 0 Å². The number of hydrogen-bond donors (Lipinski definition) is 0. The maximum atomic E-state index is 6.04. The van der Waals surface area contributed by atoms with Crippen molar-refractivity contribution >= 4 is 59.4 Å². The molecule has 0 radical (unpaired) electrons. The highest BCUT2D eigenvalue weighted by Crippen LogP contribution is 2.34. The van der Waals surface area contributed by atoms with Crippen molar-refractivity contribution in [2.24, 2.45) is 0 Å². The lowest BCUT2D eigenvalue weighted by Crippen LogP contribution is -1.96. The highest BCUT2D eigenvalue weighted by molar-refractivity contribution is 9.11. The fourth-order valence-electron chi connectivity index (χ4n) is 1.74. The minimum Gasteiger partial charge on any atom is -0.0843 e. The lowest BCUT2D eigenvalue weighted by atomic mass is 10.0. The molecule has 1 unspecified atom stereocenters. The van der Waals surface area contributed by atoms with Crippen LogP contribution in [0, 0.1) is 0 Å². The molecule has 0 aliphatic heterocycles. The summed E-state index contributed by atoms with van der Waals surface area (Å²) in [6.07, 6.45) is 0.915. The molecule has 0 aliphatic carbocycles. The van der Waals surface area contributed by atoms with Crippen LogP contribution in [0.4, 0.5) is 0 Å². The topological polar surface area (TPSA) is 0 Å². The summed E-state index contributed by atoms with van der Waals surface area (Å²) in [6.45, 7) is 0. The zero-order valence-electron chi connectivity index (χ0n) is 9.34. The van der Waals surface area contributed by atoms with Crippen LogP contribution >= 0.6 is 59.4 Å². The van der Waals surface area contributed by atoms with E-state index in [0.717, 1.165) is 20.4 Å². The van der Waals surface area contributed by atoms with Crippen LogP contribution in [0.25, 0.3) is 0 Å². The molecule has 2 aromatic carbocycles. The minimum absolute atomic E-state index is 0.236. The van der Waals surface area contributed by atoms with E-state index in [4.69, 9.17) is 11.6 Å². The first-order valence-corrected chi connectivity index (χ1v) is 8.27. The van der Waals surface area contributed by atoms with Gasteiger partial charge >= 0.3 is 0 Å². The van der Waals surface area contributed by atoms with Gasteiger partial charge in [0.2, 0.25) is 0 Å². The van der Waals surface area contributed by atoms with E-state index in [-0.39, 0.29) is 4.83 Å². The van der Waals surface area contributed by atoms with Gasteiger partial charge in [-0.25, -0.2) is 0 Å². The van der Waals surface area contributed by atoms with Crippen LogP contribution in [-0.4, -0.2) is 0 Å². The normalized spacial score (nSPS) is 12.4. The first-order valence-electron chi connectivity index (χ1n) is 5.40. The molecule has 0 nitrogen and oxygen atoms in total. The summed E-state index contributed by atoms with van der Waals surface area (Å²) in [5, 5.41) is 0.756. The third-order valence-corrected chi connectivity index (χ3v) is 4.87. The number of hydrogen-bond acceptors (Lipinski definition) is 0. The van der Waals surface area contributed by atoms with E-state index in [1.54, 1.807) is 0 Å². The van der Waals surface area contributed by atoms with Crippen molar-refractivity contribution in [3.8, 4) is 0 Å². The molecule has 0 bridgehead atoms. The van der Waals surface area contributed by atoms with Gasteiger partial charge in [-0.2, -0.15) is 0 Å². The summed E-state index contributed by atoms with van der Waals surface area (Å²) in [5.74, 6) is 0. The van der Waals surface area contributed by atoms with Gasteiger partial charge in [0.15, 0.2) is 0 Å². The zero-order chi connectivity index (χ0) is 13.1. The summed E-state index contributed by atoms with van der Waals surface area (Å²) in [6, 6.07) is 14.2. The van der Waals surface area contributed by atoms with Gasteiger partial charge in [-0.15, -0.1) is 0 Å². The SMILES string of the molecule is Clc1ccc(Br)c(C(Br)Cc2cccc(Br)c2)c1. The van der Waals surface area contributed by atoms with Gasteiger partial charge in [-0.05, 0) is 47.9 Å². The Balaban J connectivity index is 2.21. The van der Waals surface area contributed by atoms with E-state index in [0.29, 0.717) is 0 Å². The molecule has 0 spiro atoms.